The van der Waals surface area contributed by atoms with E-state index >= 15 is 0 Å². The Labute approximate surface area is 117 Å². The predicted molar refractivity (Wildman–Crippen MR) is 64.1 cm³/mol. The number of methoxy groups -OCH3 is 2. The zero-order valence-corrected chi connectivity index (χ0v) is 11.4. The molecule has 8 heteroatoms. The maximum absolute atomic E-state index is 14.0. The summed E-state index contributed by atoms with van der Waals surface area (Å²) in [7, 11) is 2.05. The maximum atomic E-state index is 14.0. The summed E-state index contributed by atoms with van der Waals surface area (Å²) in [5, 5.41) is -1.20. The Morgan fingerprint density at radius 3 is 1.50 bits per heavy atom. The first-order valence-electron chi connectivity index (χ1n) is 4.39. The quantitative estimate of drug-likeness (QED) is 0.477. The van der Waals surface area contributed by atoms with E-state index < -0.39 is 38.9 Å². The van der Waals surface area contributed by atoms with Crippen molar-refractivity contribution in [1.82, 2.24) is 0 Å². The molecule has 0 radical (unpaired) electrons. The summed E-state index contributed by atoms with van der Waals surface area (Å²) in [6.45, 7) is 0. The lowest BCUT2D eigenvalue weighted by Crippen LogP contribution is -2.13. The highest BCUT2D eigenvalue weighted by atomic mass is 35.5. The fourth-order valence-electron chi connectivity index (χ4n) is 1.20. The number of ether oxygens (including phenoxy) is 2. The van der Waals surface area contributed by atoms with Crippen LogP contribution in [-0.2, 0) is 9.47 Å². The van der Waals surface area contributed by atoms with Crippen LogP contribution in [0.3, 0.4) is 0 Å². The van der Waals surface area contributed by atoms with Gasteiger partial charge < -0.3 is 9.47 Å². The SMILES string of the molecule is COC(=O)c1c(F)c(C(=O)OC)c(Cl)c(Cl)c1Cl. The maximum Gasteiger partial charge on any atom is 0.342 e. The van der Waals surface area contributed by atoms with Crippen molar-refractivity contribution in [2.24, 2.45) is 0 Å². The van der Waals surface area contributed by atoms with Crippen LogP contribution in [0.25, 0.3) is 0 Å². The summed E-state index contributed by atoms with van der Waals surface area (Å²) >= 11 is 17.1. The number of hydrogen-bond acceptors (Lipinski definition) is 4. The molecule has 1 aromatic carbocycles. The zero-order valence-electron chi connectivity index (χ0n) is 9.14. The lowest BCUT2D eigenvalue weighted by Gasteiger charge is -2.11. The van der Waals surface area contributed by atoms with E-state index in [-0.39, 0.29) is 5.02 Å². The van der Waals surface area contributed by atoms with Crippen molar-refractivity contribution >= 4 is 46.7 Å². The predicted octanol–water partition coefficient (Wildman–Crippen LogP) is 3.36. The molecule has 0 aliphatic rings. The van der Waals surface area contributed by atoms with Crippen LogP contribution >= 0.6 is 34.8 Å². The zero-order chi connectivity index (χ0) is 14.0. The van der Waals surface area contributed by atoms with Crippen LogP contribution in [0, 0.1) is 5.82 Å². The Morgan fingerprint density at radius 1 is 0.889 bits per heavy atom. The van der Waals surface area contributed by atoms with E-state index in [0.29, 0.717) is 0 Å². The van der Waals surface area contributed by atoms with Gasteiger partial charge in [-0.3, -0.25) is 0 Å². The summed E-state index contributed by atoms with van der Waals surface area (Å²) < 4.78 is 22.7. The number of hydrogen-bond donors (Lipinski definition) is 0. The van der Waals surface area contributed by atoms with Crippen molar-refractivity contribution in [3.8, 4) is 0 Å². The van der Waals surface area contributed by atoms with Crippen LogP contribution in [0.4, 0.5) is 4.39 Å². The molecule has 1 rings (SSSR count). The van der Waals surface area contributed by atoms with E-state index in [0.717, 1.165) is 14.2 Å². The van der Waals surface area contributed by atoms with Crippen molar-refractivity contribution in [3.05, 3.63) is 32.0 Å². The van der Waals surface area contributed by atoms with Gasteiger partial charge in [-0.25, -0.2) is 14.0 Å². The molecule has 0 heterocycles. The van der Waals surface area contributed by atoms with Gasteiger partial charge in [0.15, 0.2) is 5.82 Å². The first-order chi connectivity index (χ1) is 8.36. The second-order valence-electron chi connectivity index (χ2n) is 2.99. The molecule has 18 heavy (non-hydrogen) atoms. The molecule has 0 spiro atoms. The van der Waals surface area contributed by atoms with E-state index in [1.54, 1.807) is 0 Å². The van der Waals surface area contributed by atoms with Gasteiger partial charge >= 0.3 is 11.9 Å². The minimum atomic E-state index is -1.24. The molecule has 0 aromatic heterocycles. The second kappa shape index (κ2) is 5.73. The van der Waals surface area contributed by atoms with Crippen LogP contribution in [-0.4, -0.2) is 26.2 Å². The number of rotatable bonds is 2. The molecule has 0 amide bonds. The number of halogens is 4. The fraction of sp³-hybridized carbons (Fsp3) is 0.200. The number of carbonyl (C=O) groups excluding carboxylic acids is 2. The highest BCUT2D eigenvalue weighted by Crippen LogP contribution is 2.38. The van der Waals surface area contributed by atoms with E-state index in [4.69, 9.17) is 34.8 Å². The lowest BCUT2D eigenvalue weighted by molar-refractivity contribution is 0.0589. The molecule has 4 nitrogen and oxygen atoms in total. The molecule has 0 unspecified atom stereocenters. The van der Waals surface area contributed by atoms with Crippen molar-refractivity contribution in [2.45, 2.75) is 0 Å². The number of carbonyl (C=O) groups is 2. The van der Waals surface area contributed by atoms with Gasteiger partial charge in [0.25, 0.3) is 0 Å². The second-order valence-corrected chi connectivity index (χ2v) is 4.12. The van der Waals surface area contributed by atoms with Gasteiger partial charge in [0, 0.05) is 0 Å². The molecule has 0 N–H and O–H groups in total. The summed E-state index contributed by atoms with van der Waals surface area (Å²) in [5.41, 5.74) is -1.34. The molecule has 1 aromatic rings. The van der Waals surface area contributed by atoms with Crippen molar-refractivity contribution in [3.63, 3.8) is 0 Å². The molecule has 0 atom stereocenters. The Balaban J connectivity index is 3.70. The summed E-state index contributed by atoms with van der Waals surface area (Å²) in [5.74, 6) is -3.41. The first kappa shape index (κ1) is 15.0. The normalized spacial score (nSPS) is 10.1. The Hall–Kier alpha value is -1.04. The van der Waals surface area contributed by atoms with Crippen LogP contribution in [0.15, 0.2) is 0 Å². The topological polar surface area (TPSA) is 52.6 Å². The summed E-state index contributed by atoms with van der Waals surface area (Å²) in [6, 6.07) is 0. The Morgan fingerprint density at radius 2 is 1.22 bits per heavy atom. The van der Waals surface area contributed by atoms with Gasteiger partial charge in [0.05, 0.1) is 29.3 Å². The third kappa shape index (κ3) is 2.39. The molecule has 0 aliphatic heterocycles. The monoisotopic (exact) mass is 314 g/mol. The van der Waals surface area contributed by atoms with E-state index in [9.17, 15) is 14.0 Å². The lowest BCUT2D eigenvalue weighted by atomic mass is 10.1. The minimum absolute atomic E-state index is 0.333. The van der Waals surface area contributed by atoms with Gasteiger partial charge in [-0.1, -0.05) is 34.8 Å². The molecule has 0 saturated carbocycles. The largest absolute Gasteiger partial charge is 0.465 e. The average molecular weight is 316 g/mol. The summed E-state index contributed by atoms with van der Waals surface area (Å²) in [4.78, 5) is 22.8. The van der Waals surface area contributed by atoms with Gasteiger partial charge in [0.1, 0.15) is 11.1 Å². The van der Waals surface area contributed by atoms with E-state index in [1.165, 1.54) is 0 Å². The van der Waals surface area contributed by atoms with Crippen LogP contribution in [0.5, 0.6) is 0 Å². The van der Waals surface area contributed by atoms with Gasteiger partial charge in [-0.2, -0.15) is 0 Å². The average Bonchev–Trinajstić information content (AvgIpc) is 2.35. The number of benzene rings is 1. The standard InChI is InChI=1S/C10H6Cl3FO4/c1-17-9(15)3-5(11)7(13)6(12)4(8(3)14)10(16)18-2/h1-2H3. The van der Waals surface area contributed by atoms with Crippen LogP contribution in [0.1, 0.15) is 20.7 Å². The van der Waals surface area contributed by atoms with E-state index in [1.807, 2.05) is 0 Å². The third-order valence-electron chi connectivity index (χ3n) is 2.04. The van der Waals surface area contributed by atoms with Gasteiger partial charge in [-0.15, -0.1) is 0 Å². The molecular weight excluding hydrogens is 309 g/mol. The fourth-order valence-corrected chi connectivity index (χ4v) is 1.94. The van der Waals surface area contributed by atoms with Crippen molar-refractivity contribution in [2.75, 3.05) is 14.2 Å². The number of esters is 2. The smallest absolute Gasteiger partial charge is 0.342 e. The highest BCUT2D eigenvalue weighted by Gasteiger charge is 2.30. The summed E-state index contributed by atoms with van der Waals surface area (Å²) in [6.07, 6.45) is 0. The molecular formula is C10H6Cl3FO4. The van der Waals surface area contributed by atoms with Crippen LogP contribution < -0.4 is 0 Å². The molecule has 98 valence electrons. The van der Waals surface area contributed by atoms with E-state index in [2.05, 4.69) is 9.47 Å². The first-order valence-corrected chi connectivity index (χ1v) is 5.52. The molecule has 0 aliphatic carbocycles. The Bertz CT molecular complexity index is 487. The third-order valence-corrected chi connectivity index (χ3v) is 3.37. The van der Waals surface area contributed by atoms with Crippen LogP contribution in [0.2, 0.25) is 15.1 Å². The Kier molecular flexibility index (Phi) is 4.78. The van der Waals surface area contributed by atoms with Gasteiger partial charge in [-0.05, 0) is 0 Å². The van der Waals surface area contributed by atoms with Crippen molar-refractivity contribution < 1.29 is 23.5 Å². The highest BCUT2D eigenvalue weighted by molar-refractivity contribution is 6.50. The molecule has 0 bridgehead atoms. The van der Waals surface area contributed by atoms with Crippen molar-refractivity contribution in [1.29, 1.82) is 0 Å². The molecule has 0 saturated heterocycles. The molecule has 0 fully saturated rings. The minimum Gasteiger partial charge on any atom is -0.465 e. The van der Waals surface area contributed by atoms with Gasteiger partial charge in [0.2, 0.25) is 0 Å².